The van der Waals surface area contributed by atoms with E-state index in [0.29, 0.717) is 0 Å². The number of benzene rings is 3. The molecule has 0 heterocycles. The fraction of sp³-hybridized carbons (Fsp3) is 0.0588. The van der Waals surface area contributed by atoms with E-state index in [1.54, 1.807) is 0 Å². The van der Waals surface area contributed by atoms with E-state index in [1.807, 2.05) is 6.07 Å². The second kappa shape index (κ2) is 3.21. The van der Waals surface area contributed by atoms with Gasteiger partial charge in [0.2, 0.25) is 0 Å². The van der Waals surface area contributed by atoms with Crippen molar-refractivity contribution < 1.29 is 0 Å². The van der Waals surface area contributed by atoms with Crippen LogP contribution in [0.2, 0.25) is 0 Å². The molecule has 0 fully saturated rings. The summed E-state index contributed by atoms with van der Waals surface area (Å²) in [4.78, 5) is 0. The van der Waals surface area contributed by atoms with Crippen molar-refractivity contribution in [3.05, 3.63) is 71.8 Å². The summed E-state index contributed by atoms with van der Waals surface area (Å²) < 4.78 is 0. The molecule has 0 saturated carbocycles. The molecule has 2 radical (unpaired) electrons. The van der Waals surface area contributed by atoms with Gasteiger partial charge in [-0.3, -0.25) is 0 Å². The second-order valence-corrected chi connectivity index (χ2v) is 4.49. The highest BCUT2D eigenvalue weighted by Gasteiger charge is 2.19. The van der Waals surface area contributed by atoms with Gasteiger partial charge in [-0.25, -0.2) is 0 Å². The summed E-state index contributed by atoms with van der Waals surface area (Å²) in [6.07, 6.45) is 1.02. The third kappa shape index (κ3) is 1.18. The van der Waals surface area contributed by atoms with Gasteiger partial charge in [-0.05, 0) is 57.6 Å². The van der Waals surface area contributed by atoms with Gasteiger partial charge >= 0.3 is 0 Å². The van der Waals surface area contributed by atoms with Crippen molar-refractivity contribution in [2.75, 3.05) is 0 Å². The highest BCUT2D eigenvalue weighted by molar-refractivity contribution is 6.00. The maximum Gasteiger partial charge on any atom is -0.00128 e. The molecule has 1 aliphatic carbocycles. The third-order valence-electron chi connectivity index (χ3n) is 3.52. The lowest BCUT2D eigenvalue weighted by molar-refractivity contribution is 1.26. The van der Waals surface area contributed by atoms with Gasteiger partial charge < -0.3 is 0 Å². The molecule has 0 saturated heterocycles. The van der Waals surface area contributed by atoms with Crippen LogP contribution in [0.15, 0.2) is 48.5 Å². The Kier molecular flexibility index (Phi) is 1.70. The molecular formula is C17H10. The molecule has 0 spiro atoms. The average molecular weight is 214 g/mol. The molecule has 0 heteroatoms. The van der Waals surface area contributed by atoms with Crippen molar-refractivity contribution in [3.8, 4) is 11.1 Å². The number of fused-ring (bicyclic) bond motifs is 5. The molecule has 0 nitrogen and oxygen atoms in total. The summed E-state index contributed by atoms with van der Waals surface area (Å²) in [7, 11) is 0. The van der Waals surface area contributed by atoms with Gasteiger partial charge in [0, 0.05) is 0 Å². The fourth-order valence-corrected chi connectivity index (χ4v) is 2.75. The van der Waals surface area contributed by atoms with Crippen LogP contribution in [-0.2, 0) is 6.42 Å². The Morgan fingerprint density at radius 3 is 2.88 bits per heavy atom. The van der Waals surface area contributed by atoms with E-state index in [4.69, 9.17) is 0 Å². The van der Waals surface area contributed by atoms with Gasteiger partial charge in [-0.2, -0.15) is 0 Å². The summed E-state index contributed by atoms with van der Waals surface area (Å²) in [6.45, 7) is 0. The predicted molar refractivity (Wildman–Crippen MR) is 69.9 cm³/mol. The van der Waals surface area contributed by atoms with Crippen LogP contribution in [0.4, 0.5) is 0 Å². The number of hydrogen-bond acceptors (Lipinski definition) is 0. The maximum atomic E-state index is 3.38. The van der Waals surface area contributed by atoms with Crippen LogP contribution >= 0.6 is 0 Å². The van der Waals surface area contributed by atoms with E-state index in [1.165, 1.54) is 33.0 Å². The molecule has 0 unspecified atom stereocenters. The Hall–Kier alpha value is -2.08. The summed E-state index contributed by atoms with van der Waals surface area (Å²) >= 11 is 0. The molecule has 0 amide bonds. The SMILES string of the molecule is [c]1ccc2c(c1)Cc1c[c]c3ccccc3c1-2. The first kappa shape index (κ1) is 9.00. The topological polar surface area (TPSA) is 0 Å². The van der Waals surface area contributed by atoms with E-state index in [2.05, 4.69) is 54.6 Å². The Morgan fingerprint density at radius 1 is 0.941 bits per heavy atom. The van der Waals surface area contributed by atoms with Crippen molar-refractivity contribution in [1.82, 2.24) is 0 Å². The van der Waals surface area contributed by atoms with Crippen LogP contribution in [0.1, 0.15) is 11.1 Å². The summed E-state index contributed by atoms with van der Waals surface area (Å²) in [5, 5.41) is 2.52. The Balaban J connectivity index is 2.17. The molecule has 1 aliphatic rings. The van der Waals surface area contributed by atoms with Crippen LogP contribution in [-0.4, -0.2) is 0 Å². The molecule has 0 N–H and O–H groups in total. The summed E-state index contributed by atoms with van der Waals surface area (Å²) in [5.41, 5.74) is 5.53. The Bertz CT molecular complexity index is 723. The Labute approximate surface area is 101 Å². The highest BCUT2D eigenvalue weighted by atomic mass is 14.2. The minimum atomic E-state index is 1.02. The molecule has 3 aromatic carbocycles. The van der Waals surface area contributed by atoms with E-state index >= 15 is 0 Å². The van der Waals surface area contributed by atoms with Crippen LogP contribution < -0.4 is 0 Å². The second-order valence-electron chi connectivity index (χ2n) is 4.49. The van der Waals surface area contributed by atoms with Crippen molar-refractivity contribution in [3.63, 3.8) is 0 Å². The van der Waals surface area contributed by atoms with Gasteiger partial charge in [0.1, 0.15) is 0 Å². The molecule has 3 aromatic rings. The average Bonchev–Trinajstić information content (AvgIpc) is 2.77. The van der Waals surface area contributed by atoms with Gasteiger partial charge in [0.25, 0.3) is 0 Å². The van der Waals surface area contributed by atoms with Crippen molar-refractivity contribution in [1.29, 1.82) is 0 Å². The zero-order chi connectivity index (χ0) is 11.2. The lowest BCUT2D eigenvalue weighted by Gasteiger charge is -2.05. The van der Waals surface area contributed by atoms with Crippen LogP contribution in [0.5, 0.6) is 0 Å². The molecule has 0 atom stereocenters. The van der Waals surface area contributed by atoms with E-state index in [9.17, 15) is 0 Å². The van der Waals surface area contributed by atoms with Crippen molar-refractivity contribution in [2.24, 2.45) is 0 Å². The minimum absolute atomic E-state index is 1.02. The normalized spacial score (nSPS) is 12.5. The largest absolute Gasteiger partial charge is 0.0616 e. The summed E-state index contributed by atoms with van der Waals surface area (Å²) in [6, 6.07) is 23.4. The molecule has 0 aromatic heterocycles. The van der Waals surface area contributed by atoms with Gasteiger partial charge in [-0.15, -0.1) is 0 Å². The first-order valence-corrected chi connectivity index (χ1v) is 5.85. The van der Waals surface area contributed by atoms with E-state index in [-0.39, 0.29) is 0 Å². The lowest BCUT2D eigenvalue weighted by atomic mass is 9.98. The first-order valence-electron chi connectivity index (χ1n) is 5.85. The third-order valence-corrected chi connectivity index (χ3v) is 3.52. The van der Waals surface area contributed by atoms with Gasteiger partial charge in [0.05, 0.1) is 0 Å². The molecule has 17 heavy (non-hydrogen) atoms. The minimum Gasteiger partial charge on any atom is -0.0616 e. The Morgan fingerprint density at radius 2 is 1.88 bits per heavy atom. The standard InChI is InChI=1S/C17H10/c1-3-7-15-12(5-1)9-10-14-11-13-6-2-4-8-16(13)17(14)15/h1,3-8,10H,11H2. The molecule has 0 aliphatic heterocycles. The zero-order valence-electron chi connectivity index (χ0n) is 9.33. The van der Waals surface area contributed by atoms with Crippen LogP contribution in [0, 0.1) is 12.1 Å². The van der Waals surface area contributed by atoms with E-state index in [0.717, 1.165) is 6.42 Å². The van der Waals surface area contributed by atoms with Crippen LogP contribution in [0.3, 0.4) is 0 Å². The van der Waals surface area contributed by atoms with Crippen molar-refractivity contribution in [2.45, 2.75) is 6.42 Å². The molecule has 4 rings (SSSR count). The summed E-state index contributed by atoms with van der Waals surface area (Å²) in [5.74, 6) is 0. The maximum absolute atomic E-state index is 3.38. The van der Waals surface area contributed by atoms with Crippen LogP contribution in [0.25, 0.3) is 21.9 Å². The predicted octanol–water partition coefficient (Wildman–Crippen LogP) is 4.01. The lowest BCUT2D eigenvalue weighted by Crippen LogP contribution is -1.82. The van der Waals surface area contributed by atoms with Gasteiger partial charge in [-0.1, -0.05) is 42.5 Å². The monoisotopic (exact) mass is 214 g/mol. The molecule has 78 valence electrons. The quantitative estimate of drug-likeness (QED) is 0.415. The zero-order valence-corrected chi connectivity index (χ0v) is 9.33. The number of hydrogen-bond donors (Lipinski definition) is 0. The smallest absolute Gasteiger partial charge is 0.00128 e. The number of rotatable bonds is 0. The first-order chi connectivity index (χ1) is 8.43. The highest BCUT2D eigenvalue weighted by Crippen LogP contribution is 2.40. The van der Waals surface area contributed by atoms with Gasteiger partial charge in [0.15, 0.2) is 0 Å². The molecule has 0 bridgehead atoms. The van der Waals surface area contributed by atoms with Crippen molar-refractivity contribution >= 4 is 10.8 Å². The fourth-order valence-electron chi connectivity index (χ4n) is 2.75. The molecular weight excluding hydrogens is 204 g/mol. The van der Waals surface area contributed by atoms with E-state index < -0.39 is 0 Å².